The van der Waals surface area contributed by atoms with Gasteiger partial charge in [0.1, 0.15) is 11.6 Å². The van der Waals surface area contributed by atoms with Gasteiger partial charge < -0.3 is 14.3 Å². The third-order valence-electron chi connectivity index (χ3n) is 7.13. The van der Waals surface area contributed by atoms with E-state index in [9.17, 15) is 9.59 Å². The molecule has 0 fully saturated rings. The lowest BCUT2D eigenvalue weighted by Crippen LogP contribution is -2.08. The maximum absolute atomic E-state index is 11.0. The van der Waals surface area contributed by atoms with Gasteiger partial charge >= 0.3 is 0 Å². The molecule has 0 N–H and O–H groups in total. The van der Waals surface area contributed by atoms with Gasteiger partial charge in [-0.05, 0) is 86.0 Å². The first-order chi connectivity index (χ1) is 26.2. The molecular weight excluding hydrogens is 698 g/mol. The highest BCUT2D eigenvalue weighted by Gasteiger charge is 2.08. The van der Waals surface area contributed by atoms with Gasteiger partial charge in [0.05, 0.1) is 0 Å². The van der Waals surface area contributed by atoms with Crippen LogP contribution in [0.15, 0.2) is 128 Å². The van der Waals surface area contributed by atoms with E-state index < -0.39 is 0 Å². The Balaban J connectivity index is -0.000000288. The van der Waals surface area contributed by atoms with E-state index in [4.69, 9.17) is 0 Å². The number of unbranched alkanes of at least 4 members (excludes halogenated alkanes) is 1. The molecule has 5 nitrogen and oxygen atoms in total. The van der Waals surface area contributed by atoms with Gasteiger partial charge in [0, 0.05) is 44.9 Å². The van der Waals surface area contributed by atoms with E-state index in [2.05, 4.69) is 112 Å². The third kappa shape index (κ3) is 37.5. The molecule has 6 heteroatoms. The van der Waals surface area contributed by atoms with Gasteiger partial charge in [0.2, 0.25) is 0 Å². The van der Waals surface area contributed by atoms with Gasteiger partial charge in [-0.25, -0.2) is 0 Å². The molecule has 3 aromatic rings. The van der Waals surface area contributed by atoms with Crippen LogP contribution < -0.4 is 0 Å². The Bertz CT molecular complexity index is 1620. The zero-order chi connectivity index (χ0) is 43.0. The lowest BCUT2D eigenvalue weighted by molar-refractivity contribution is -0.122. The van der Waals surface area contributed by atoms with Gasteiger partial charge in [-0.3, -0.25) is 9.78 Å². The summed E-state index contributed by atoms with van der Waals surface area (Å²) in [6.07, 6.45) is 18.5. The molecule has 302 valence electrons. The molecule has 2 heterocycles. The van der Waals surface area contributed by atoms with Crippen LogP contribution in [0.5, 0.6) is 0 Å². The van der Waals surface area contributed by atoms with Crippen LogP contribution in [-0.4, -0.2) is 36.1 Å². The summed E-state index contributed by atoms with van der Waals surface area (Å²) in [6.45, 7) is 33.0. The molecular formula is C49H72NO4P. The molecule has 0 spiro atoms. The SMILES string of the molecule is C1#CO1.C=C/C=C\C(=C)/C(C)=C(\C=C)C(C)=P.CC.CCC(C)=O.CCCCC(C)C(=O)CC.COC.Cc1ccc2ccccc2c1.Cc1ccccn1. The quantitative estimate of drug-likeness (QED) is 0.110. The zero-order valence-corrected chi connectivity index (χ0v) is 37.5. The van der Waals surface area contributed by atoms with Crippen LogP contribution in [0.25, 0.3) is 10.8 Å². The molecule has 2 aromatic carbocycles. The number of hydrogen-bond donors (Lipinski definition) is 0. The number of pyridine rings is 1. The summed E-state index contributed by atoms with van der Waals surface area (Å²) >= 11 is 0. The molecule has 0 saturated heterocycles. The molecule has 0 radical (unpaired) electrons. The molecule has 1 atom stereocenters. The number of Topliss-reactive ketones (excluding diaryl/α,β-unsaturated/α-hetero) is 2. The number of aryl methyl sites for hydroxylation is 2. The first kappa shape index (κ1) is 57.1. The topological polar surface area (TPSA) is 68.8 Å². The van der Waals surface area contributed by atoms with E-state index in [0.29, 0.717) is 24.5 Å². The summed E-state index contributed by atoms with van der Waals surface area (Å²) in [5.41, 5.74) is 5.56. The molecule has 0 saturated carbocycles. The largest absolute Gasteiger partial charge is 0.388 e. The zero-order valence-electron chi connectivity index (χ0n) is 36.5. The van der Waals surface area contributed by atoms with E-state index in [1.54, 1.807) is 33.4 Å². The third-order valence-corrected chi connectivity index (χ3v) is 7.40. The van der Waals surface area contributed by atoms with Gasteiger partial charge in [0.15, 0.2) is 12.2 Å². The van der Waals surface area contributed by atoms with Gasteiger partial charge in [0.25, 0.3) is 0 Å². The highest BCUT2D eigenvalue weighted by molar-refractivity contribution is 7.22. The molecule has 1 aliphatic heterocycles. The van der Waals surface area contributed by atoms with Crippen LogP contribution in [0.1, 0.15) is 106 Å². The Kier molecular flexibility index (Phi) is 42.1. The molecule has 0 aliphatic carbocycles. The number of carbonyl (C=O) groups excluding carboxylic acids is 2. The Morgan fingerprint density at radius 2 is 1.44 bits per heavy atom. The summed E-state index contributed by atoms with van der Waals surface area (Å²) in [5.74, 6) is 0.961. The summed E-state index contributed by atoms with van der Waals surface area (Å²) in [5, 5.41) is 3.70. The molecule has 55 heavy (non-hydrogen) atoms. The van der Waals surface area contributed by atoms with Crippen molar-refractivity contribution < 1.29 is 19.1 Å². The Morgan fingerprint density at radius 3 is 1.80 bits per heavy atom. The predicted octanol–water partition coefficient (Wildman–Crippen LogP) is 13.7. The summed E-state index contributed by atoms with van der Waals surface area (Å²) in [4.78, 5) is 24.8. The normalized spacial score (nSPS) is 10.3. The number of methoxy groups -OCH3 is 1. The average Bonchev–Trinajstić information content (AvgIpc) is 4.08. The number of nitrogens with zero attached hydrogens (tertiary/aromatic N) is 1. The number of ether oxygens (including phenoxy) is 2. The molecule has 1 aromatic heterocycles. The van der Waals surface area contributed by atoms with E-state index in [-0.39, 0.29) is 5.78 Å². The monoisotopic (exact) mass is 770 g/mol. The number of carbonyl (C=O) groups is 2. The van der Waals surface area contributed by atoms with Crippen molar-refractivity contribution in [3.05, 3.63) is 139 Å². The second-order valence-corrected chi connectivity index (χ2v) is 12.7. The van der Waals surface area contributed by atoms with Crippen molar-refractivity contribution in [2.24, 2.45) is 5.92 Å². The van der Waals surface area contributed by atoms with Crippen molar-refractivity contribution in [3.63, 3.8) is 0 Å². The number of rotatable bonds is 11. The first-order valence-electron chi connectivity index (χ1n) is 19.0. The van der Waals surface area contributed by atoms with E-state index in [1.807, 2.05) is 91.8 Å². The number of allylic oxidation sites excluding steroid dienone is 7. The maximum Gasteiger partial charge on any atom is 0.175 e. The van der Waals surface area contributed by atoms with Gasteiger partial charge in [-0.15, -0.1) is 8.86 Å². The van der Waals surface area contributed by atoms with Crippen LogP contribution in [0.4, 0.5) is 0 Å². The second-order valence-electron chi connectivity index (χ2n) is 11.9. The second kappa shape index (κ2) is 40.6. The van der Waals surface area contributed by atoms with Crippen LogP contribution in [0.2, 0.25) is 0 Å². The number of hydrogen-bond acceptors (Lipinski definition) is 5. The smallest absolute Gasteiger partial charge is 0.175 e. The van der Waals surface area contributed by atoms with Crippen molar-refractivity contribution in [1.82, 2.24) is 4.98 Å². The lowest BCUT2D eigenvalue weighted by Gasteiger charge is -2.07. The minimum Gasteiger partial charge on any atom is -0.388 e. The summed E-state index contributed by atoms with van der Waals surface area (Å²) in [7, 11) is 6.74. The molecule has 4 rings (SSSR count). The van der Waals surface area contributed by atoms with E-state index >= 15 is 0 Å². The highest BCUT2D eigenvalue weighted by atomic mass is 31.0. The molecule has 1 aliphatic rings. The van der Waals surface area contributed by atoms with Crippen LogP contribution >= 0.6 is 8.86 Å². The fourth-order valence-corrected chi connectivity index (χ4v) is 4.14. The van der Waals surface area contributed by atoms with Crippen LogP contribution in [-0.2, 0) is 19.1 Å². The summed E-state index contributed by atoms with van der Waals surface area (Å²) < 4.78 is 8.25. The van der Waals surface area contributed by atoms with E-state index in [0.717, 1.165) is 34.1 Å². The Labute approximate surface area is 339 Å². The van der Waals surface area contributed by atoms with Crippen molar-refractivity contribution in [2.45, 2.75) is 108 Å². The number of benzene rings is 2. The number of aromatic nitrogens is 1. The molecule has 0 bridgehead atoms. The van der Waals surface area contributed by atoms with E-state index in [1.165, 1.54) is 29.2 Å². The Morgan fingerprint density at radius 1 is 0.909 bits per heavy atom. The predicted molar refractivity (Wildman–Crippen MR) is 246 cm³/mol. The molecule has 0 amide bonds. The number of ketones is 2. The molecule has 1 unspecified atom stereocenters. The number of fused-ring (bicyclic) bond motifs is 1. The van der Waals surface area contributed by atoms with Crippen molar-refractivity contribution >= 4 is 36.5 Å². The first-order valence-corrected chi connectivity index (χ1v) is 19.5. The minimum absolute atomic E-state index is 0.255. The summed E-state index contributed by atoms with van der Waals surface area (Å²) in [6, 6.07) is 20.8. The fourth-order valence-electron chi connectivity index (χ4n) is 3.85. The Hall–Kier alpha value is -4.62. The highest BCUT2D eigenvalue weighted by Crippen LogP contribution is 2.17. The van der Waals surface area contributed by atoms with Gasteiger partial charge in [-0.2, -0.15) is 0 Å². The van der Waals surface area contributed by atoms with Crippen molar-refractivity contribution in [1.29, 1.82) is 0 Å². The minimum atomic E-state index is 0.255. The maximum atomic E-state index is 11.0. The van der Waals surface area contributed by atoms with Crippen LogP contribution in [0, 0.1) is 32.0 Å². The van der Waals surface area contributed by atoms with Crippen molar-refractivity contribution in [3.8, 4) is 12.2 Å². The van der Waals surface area contributed by atoms with Crippen molar-refractivity contribution in [2.75, 3.05) is 14.2 Å². The standard InChI is InChI=1S/C13H17P.C11H10.C9H18O.C6H7N.C4H8O.C2O.C2H6O.C2H6/c1-6-8-9-10(3)11(4)13(7-2)12(5)14;1-9-6-7-10-4-2-3-5-11(10)8-9;1-4-6-7-8(3)9(10)5-2;1-6-4-2-3-5-7-6;1-3-4(2)5;1-2-3-1;1-3-2;1-2/h6-9,14H,1-3H2,4-5H3;2-8H,1H3;8H,4-7H2,1-3H3;2-5H,1H3;3H2,1-2H3;;1-2H3;1-2H3/b9-8-,13-11+;;;;;;;. The average molecular weight is 770 g/mol. The lowest BCUT2D eigenvalue weighted by atomic mass is 9.98. The fraction of sp³-hybridized carbons (Fsp3) is 0.388. The van der Waals surface area contributed by atoms with Crippen LogP contribution in [0.3, 0.4) is 0 Å². The van der Waals surface area contributed by atoms with Gasteiger partial charge in [-0.1, -0.05) is 153 Å².